The van der Waals surface area contributed by atoms with Gasteiger partial charge in [0.25, 0.3) is 0 Å². The molecular weight excluding hydrogens is 478 g/mol. The van der Waals surface area contributed by atoms with Crippen LogP contribution in [0.4, 0.5) is 32.0 Å². The first-order valence-electron chi connectivity index (χ1n) is 8.75. The summed E-state index contributed by atoms with van der Waals surface area (Å²) in [4.78, 5) is 12.0. The number of carbonyl (C=O) groups is 1. The molecule has 0 radical (unpaired) electrons. The van der Waals surface area contributed by atoms with Crippen molar-refractivity contribution >= 4 is 27.5 Å². The SMILES string of the molecule is O=C(C=CNC1CCc2cc(Br)ccc21)Nc1cc(C(F)(F)F)cc(C(F)(F)F)c1. The molecule has 2 aromatic rings. The Morgan fingerprint density at radius 3 is 2.23 bits per heavy atom. The quantitative estimate of drug-likeness (QED) is 0.393. The molecular formula is C20H15BrF6N2O. The molecule has 160 valence electrons. The first kappa shape index (κ1) is 22.2. The zero-order chi connectivity index (χ0) is 22.1. The van der Waals surface area contributed by atoms with Gasteiger partial charge in [0.2, 0.25) is 5.91 Å². The fourth-order valence-corrected chi connectivity index (χ4v) is 3.62. The summed E-state index contributed by atoms with van der Waals surface area (Å²) >= 11 is 3.39. The molecule has 10 heteroatoms. The third-order valence-corrected chi connectivity index (χ3v) is 5.06. The first-order chi connectivity index (χ1) is 13.9. The van der Waals surface area contributed by atoms with Gasteiger partial charge in [0.05, 0.1) is 17.2 Å². The molecule has 2 N–H and O–H groups in total. The van der Waals surface area contributed by atoms with Crippen LogP contribution in [-0.4, -0.2) is 5.91 Å². The van der Waals surface area contributed by atoms with E-state index in [1.165, 1.54) is 6.20 Å². The molecule has 0 heterocycles. The average Bonchev–Trinajstić information content (AvgIpc) is 3.02. The van der Waals surface area contributed by atoms with Gasteiger partial charge in [-0.25, -0.2) is 0 Å². The van der Waals surface area contributed by atoms with E-state index in [4.69, 9.17) is 0 Å². The highest BCUT2D eigenvalue weighted by Crippen LogP contribution is 2.37. The highest BCUT2D eigenvalue weighted by molar-refractivity contribution is 9.10. The van der Waals surface area contributed by atoms with E-state index < -0.39 is 35.1 Å². The average molecular weight is 493 g/mol. The van der Waals surface area contributed by atoms with Crippen LogP contribution in [0.25, 0.3) is 0 Å². The lowest BCUT2D eigenvalue weighted by Gasteiger charge is -2.14. The third-order valence-electron chi connectivity index (χ3n) is 4.57. The van der Waals surface area contributed by atoms with E-state index in [1.807, 2.05) is 23.5 Å². The fraction of sp³-hybridized carbons (Fsp3) is 0.250. The lowest BCUT2D eigenvalue weighted by Crippen LogP contribution is -2.16. The molecule has 30 heavy (non-hydrogen) atoms. The Hall–Kier alpha value is -2.49. The highest BCUT2D eigenvalue weighted by Gasteiger charge is 2.37. The Morgan fingerprint density at radius 1 is 1.00 bits per heavy atom. The second-order valence-corrected chi connectivity index (χ2v) is 7.63. The number of alkyl halides is 6. The van der Waals surface area contributed by atoms with E-state index in [2.05, 4.69) is 21.2 Å². The molecule has 0 fully saturated rings. The first-order valence-corrected chi connectivity index (χ1v) is 9.54. The summed E-state index contributed by atoms with van der Waals surface area (Å²) in [5, 5.41) is 5.08. The van der Waals surface area contributed by atoms with Crippen molar-refractivity contribution in [1.29, 1.82) is 0 Å². The van der Waals surface area contributed by atoms with Crippen LogP contribution >= 0.6 is 15.9 Å². The van der Waals surface area contributed by atoms with Gasteiger partial charge in [-0.15, -0.1) is 0 Å². The summed E-state index contributed by atoms with van der Waals surface area (Å²) in [5.41, 5.74) is -1.37. The molecule has 0 aromatic heterocycles. The van der Waals surface area contributed by atoms with Crippen LogP contribution in [0.5, 0.6) is 0 Å². The van der Waals surface area contributed by atoms with Crippen molar-refractivity contribution in [3.63, 3.8) is 0 Å². The molecule has 3 rings (SSSR count). The predicted octanol–water partition coefficient (Wildman–Crippen LogP) is 6.22. The van der Waals surface area contributed by atoms with Gasteiger partial charge in [-0.2, -0.15) is 26.3 Å². The third kappa shape index (κ3) is 5.35. The Labute approximate surface area is 176 Å². The van der Waals surface area contributed by atoms with Crippen LogP contribution in [0.3, 0.4) is 0 Å². The van der Waals surface area contributed by atoms with E-state index in [-0.39, 0.29) is 12.1 Å². The Morgan fingerprint density at radius 2 is 1.63 bits per heavy atom. The lowest BCUT2D eigenvalue weighted by molar-refractivity contribution is -0.143. The summed E-state index contributed by atoms with van der Waals surface area (Å²) in [7, 11) is 0. The summed E-state index contributed by atoms with van der Waals surface area (Å²) < 4.78 is 78.3. The number of anilines is 1. The van der Waals surface area contributed by atoms with Crippen LogP contribution in [0.15, 0.2) is 53.1 Å². The van der Waals surface area contributed by atoms with Crippen molar-refractivity contribution < 1.29 is 31.1 Å². The minimum atomic E-state index is -4.98. The number of fused-ring (bicyclic) bond motifs is 1. The maximum Gasteiger partial charge on any atom is 0.416 e. The van der Waals surface area contributed by atoms with Gasteiger partial charge < -0.3 is 10.6 Å². The summed E-state index contributed by atoms with van der Waals surface area (Å²) in [6.07, 6.45) is -5.98. The van der Waals surface area contributed by atoms with Crippen molar-refractivity contribution in [2.75, 3.05) is 5.32 Å². The molecule has 1 aliphatic carbocycles. The smallest absolute Gasteiger partial charge is 0.384 e. The monoisotopic (exact) mass is 492 g/mol. The van der Waals surface area contributed by atoms with Crippen molar-refractivity contribution in [2.45, 2.75) is 31.2 Å². The van der Waals surface area contributed by atoms with Gasteiger partial charge in [0.15, 0.2) is 0 Å². The standard InChI is InChI=1S/C20H15BrF6N2O/c21-14-2-3-16-11(7-14)1-4-17(16)28-6-5-18(30)29-15-9-12(19(22,23)24)8-13(10-15)20(25,26)27/h2-3,5-10,17,28H,1,4H2,(H,29,30). The molecule has 3 nitrogen and oxygen atoms in total. The van der Waals surface area contributed by atoms with Crippen LogP contribution in [0, 0.1) is 0 Å². The number of rotatable bonds is 4. The summed E-state index contributed by atoms with van der Waals surface area (Å²) in [6, 6.07) is 6.71. The summed E-state index contributed by atoms with van der Waals surface area (Å²) in [6.45, 7) is 0. The number of nitrogens with one attached hydrogen (secondary N) is 2. The van der Waals surface area contributed by atoms with Crippen LogP contribution < -0.4 is 10.6 Å². The van der Waals surface area contributed by atoms with E-state index >= 15 is 0 Å². The molecule has 1 unspecified atom stereocenters. The summed E-state index contributed by atoms with van der Waals surface area (Å²) in [5.74, 6) is -0.857. The van der Waals surface area contributed by atoms with Gasteiger partial charge in [-0.05, 0) is 54.3 Å². The van der Waals surface area contributed by atoms with E-state index in [0.29, 0.717) is 12.1 Å². The fourth-order valence-electron chi connectivity index (χ4n) is 3.21. The second kappa shape index (κ2) is 8.33. The molecule has 0 bridgehead atoms. The molecule has 0 saturated carbocycles. The maximum absolute atomic E-state index is 12.9. The number of hydrogen-bond acceptors (Lipinski definition) is 2. The molecule has 0 spiro atoms. The zero-order valence-electron chi connectivity index (χ0n) is 15.2. The highest BCUT2D eigenvalue weighted by atomic mass is 79.9. The van der Waals surface area contributed by atoms with Gasteiger partial charge in [0.1, 0.15) is 0 Å². The van der Waals surface area contributed by atoms with Crippen molar-refractivity contribution in [3.05, 3.63) is 75.4 Å². The minimum absolute atomic E-state index is 0.00292. The topological polar surface area (TPSA) is 41.1 Å². The minimum Gasteiger partial charge on any atom is -0.384 e. The van der Waals surface area contributed by atoms with Crippen LogP contribution in [0.2, 0.25) is 0 Å². The number of amides is 1. The van der Waals surface area contributed by atoms with E-state index in [1.54, 1.807) is 0 Å². The Balaban J connectivity index is 1.69. The van der Waals surface area contributed by atoms with Crippen LogP contribution in [-0.2, 0) is 23.6 Å². The maximum atomic E-state index is 12.9. The Kier molecular flexibility index (Phi) is 6.16. The number of halogens is 7. The van der Waals surface area contributed by atoms with Crippen molar-refractivity contribution in [3.8, 4) is 0 Å². The Bertz CT molecular complexity index is 952. The predicted molar refractivity (Wildman–Crippen MR) is 103 cm³/mol. The molecule has 2 aromatic carbocycles. The number of carbonyl (C=O) groups excluding carboxylic acids is 1. The van der Waals surface area contributed by atoms with Crippen molar-refractivity contribution in [2.24, 2.45) is 0 Å². The molecule has 1 amide bonds. The molecule has 0 saturated heterocycles. The van der Waals surface area contributed by atoms with Gasteiger partial charge in [0, 0.05) is 22.4 Å². The van der Waals surface area contributed by atoms with E-state index in [9.17, 15) is 31.1 Å². The normalized spacial score (nSPS) is 16.6. The number of hydrogen-bond donors (Lipinski definition) is 2. The molecule has 1 atom stereocenters. The van der Waals surface area contributed by atoms with Gasteiger partial charge in [-0.1, -0.05) is 22.0 Å². The lowest BCUT2D eigenvalue weighted by atomic mass is 10.1. The van der Waals surface area contributed by atoms with Gasteiger partial charge in [-0.3, -0.25) is 4.79 Å². The van der Waals surface area contributed by atoms with Gasteiger partial charge >= 0.3 is 12.4 Å². The van der Waals surface area contributed by atoms with Crippen molar-refractivity contribution in [1.82, 2.24) is 5.32 Å². The number of aryl methyl sites for hydroxylation is 1. The molecule has 1 aliphatic rings. The zero-order valence-corrected chi connectivity index (χ0v) is 16.8. The second-order valence-electron chi connectivity index (χ2n) is 6.72. The molecule has 0 aliphatic heterocycles. The largest absolute Gasteiger partial charge is 0.416 e. The number of benzene rings is 2. The van der Waals surface area contributed by atoms with Crippen LogP contribution in [0.1, 0.15) is 34.7 Å². The van der Waals surface area contributed by atoms with E-state index in [0.717, 1.165) is 34.5 Å².